The van der Waals surface area contributed by atoms with Gasteiger partial charge in [0.2, 0.25) is 0 Å². The maximum Gasteiger partial charge on any atom is 0.324 e. The van der Waals surface area contributed by atoms with Gasteiger partial charge in [-0.1, -0.05) is 45.9 Å². The third kappa shape index (κ3) is 10.8. The fourth-order valence-electron chi connectivity index (χ4n) is 10.9. The summed E-state index contributed by atoms with van der Waals surface area (Å²) in [5.41, 5.74) is -4.26. The number of nitrogens with zero attached hydrogens (tertiary/aromatic N) is 3. The minimum absolute atomic E-state index is 0.186. The fourth-order valence-corrected chi connectivity index (χ4v) is 10.9. The Morgan fingerprint density at radius 2 is 1.59 bits per heavy atom. The van der Waals surface area contributed by atoms with Gasteiger partial charge in [0.15, 0.2) is 12.6 Å². The molecule has 4 fully saturated rings. The van der Waals surface area contributed by atoms with Gasteiger partial charge in [-0.15, -0.1) is 0 Å². The highest BCUT2D eigenvalue weighted by molar-refractivity contribution is 5.91. The molecule has 4 heterocycles. The standard InChI is InChI=1S/C48H81N3O13/c1-15-22-51-26-28(3)24-45(9,56)41(64-43-38(52)35(23-29(4)60-43)50(13)44(55)49(12)34-20-18-17-19-21-34)30(5)39(63-37-25-46(10,58-14)48(27-59-48)33(8)61-37)31(6)42(54)62-36(16-2)47(11,57)40(53)32(51)7/h17-21,28-33,35-41,43,52-53,56-57H,15-16,22-27H2,1-14H3/t28-,29-,30+,31-,32-,33+,35+,36-,37+,38-,39+,40-,41-,43+,45-,46-,47-,48+/m1/s1. The van der Waals surface area contributed by atoms with Crippen molar-refractivity contribution in [1.82, 2.24) is 9.80 Å². The number of benzene rings is 1. The van der Waals surface area contributed by atoms with E-state index in [1.54, 1.807) is 42.0 Å². The van der Waals surface area contributed by atoms with E-state index in [0.29, 0.717) is 31.8 Å². The number of hydrogen-bond donors (Lipinski definition) is 4. The number of hydrogen-bond acceptors (Lipinski definition) is 14. The summed E-state index contributed by atoms with van der Waals surface area (Å²) >= 11 is 0. The van der Waals surface area contributed by atoms with Gasteiger partial charge in [-0.2, -0.15) is 0 Å². The van der Waals surface area contributed by atoms with Crippen molar-refractivity contribution < 1.29 is 63.2 Å². The van der Waals surface area contributed by atoms with E-state index in [0.717, 1.165) is 6.42 Å². The lowest BCUT2D eigenvalue weighted by Crippen LogP contribution is -2.62. The van der Waals surface area contributed by atoms with Crippen LogP contribution < -0.4 is 4.90 Å². The van der Waals surface area contributed by atoms with Crippen LogP contribution in [0, 0.1) is 17.8 Å². The molecule has 0 aliphatic carbocycles. The van der Waals surface area contributed by atoms with E-state index >= 15 is 0 Å². The van der Waals surface area contributed by atoms with Crippen molar-refractivity contribution in [3.05, 3.63) is 30.3 Å². The normalized spacial score (nSPS) is 44.1. The van der Waals surface area contributed by atoms with Crippen molar-refractivity contribution >= 4 is 17.7 Å². The van der Waals surface area contributed by atoms with Gasteiger partial charge < -0.3 is 58.5 Å². The molecule has 0 radical (unpaired) electrons. The van der Waals surface area contributed by atoms with Crippen LogP contribution in [0.5, 0.6) is 0 Å². The minimum atomic E-state index is -1.83. The maximum absolute atomic E-state index is 14.6. The summed E-state index contributed by atoms with van der Waals surface area (Å²) < 4.78 is 44.9. The highest BCUT2D eigenvalue weighted by atomic mass is 16.7. The third-order valence-electron chi connectivity index (χ3n) is 15.0. The van der Waals surface area contributed by atoms with Crippen LogP contribution in [0.1, 0.15) is 108 Å². The number of epoxide rings is 1. The Hall–Kier alpha value is -2.48. The lowest BCUT2D eigenvalue weighted by molar-refractivity contribution is -0.314. The summed E-state index contributed by atoms with van der Waals surface area (Å²) in [5.74, 6) is -2.75. The van der Waals surface area contributed by atoms with Gasteiger partial charge in [0.1, 0.15) is 35.1 Å². The molecule has 4 saturated heterocycles. The summed E-state index contributed by atoms with van der Waals surface area (Å²) in [6, 6.07) is 7.61. The molecule has 5 rings (SSSR count). The van der Waals surface area contributed by atoms with E-state index in [-0.39, 0.29) is 31.2 Å². The molecular weight excluding hydrogens is 827 g/mol. The number of esters is 1. The zero-order valence-electron chi connectivity index (χ0n) is 40.9. The Kier molecular flexibility index (Phi) is 17.1. The van der Waals surface area contributed by atoms with Gasteiger partial charge in [-0.25, -0.2) is 4.79 Å². The number of amides is 2. The molecule has 4 aliphatic heterocycles. The van der Waals surface area contributed by atoms with Crippen LogP contribution >= 0.6 is 0 Å². The lowest BCUT2D eigenvalue weighted by atomic mass is 9.77. The number of ether oxygens (including phenoxy) is 7. The molecule has 0 aromatic heterocycles. The number of anilines is 1. The van der Waals surface area contributed by atoms with E-state index in [2.05, 4.69) is 4.90 Å². The van der Waals surface area contributed by atoms with Crippen LogP contribution in [0.2, 0.25) is 0 Å². The van der Waals surface area contributed by atoms with Crippen LogP contribution in [0.15, 0.2) is 30.3 Å². The Labute approximate surface area is 381 Å². The molecule has 0 unspecified atom stereocenters. The van der Waals surface area contributed by atoms with E-state index < -0.39 is 108 Å². The molecule has 366 valence electrons. The predicted molar refractivity (Wildman–Crippen MR) is 240 cm³/mol. The van der Waals surface area contributed by atoms with Crippen LogP contribution in [0.4, 0.5) is 10.5 Å². The number of likely N-dealkylation sites (N-methyl/N-ethyl adjacent to an activating group) is 1. The summed E-state index contributed by atoms with van der Waals surface area (Å²) in [7, 11) is 4.94. The number of carbonyl (C=O) groups excluding carboxylic acids is 2. The summed E-state index contributed by atoms with van der Waals surface area (Å²) in [6.45, 7) is 21.6. The number of methoxy groups -OCH3 is 1. The number of rotatable bonds is 10. The third-order valence-corrected chi connectivity index (χ3v) is 15.0. The highest BCUT2D eigenvalue weighted by Crippen LogP contribution is 2.51. The van der Waals surface area contributed by atoms with E-state index in [1.807, 2.05) is 78.8 Å². The number of urea groups is 1. The van der Waals surface area contributed by atoms with Gasteiger partial charge >= 0.3 is 12.0 Å². The highest BCUT2D eigenvalue weighted by Gasteiger charge is 2.67. The van der Waals surface area contributed by atoms with Crippen LogP contribution in [0.25, 0.3) is 0 Å². The Morgan fingerprint density at radius 3 is 2.17 bits per heavy atom. The van der Waals surface area contributed by atoms with Gasteiger partial charge in [0.05, 0.1) is 48.6 Å². The quantitative estimate of drug-likeness (QED) is 0.186. The molecule has 16 heteroatoms. The van der Waals surface area contributed by atoms with Crippen LogP contribution in [0.3, 0.4) is 0 Å². The van der Waals surface area contributed by atoms with Gasteiger partial charge in [-0.05, 0) is 98.7 Å². The molecule has 1 aromatic rings. The molecule has 1 spiro atoms. The Balaban J connectivity index is 1.57. The minimum Gasteiger partial charge on any atom is -0.459 e. The zero-order valence-corrected chi connectivity index (χ0v) is 40.9. The molecule has 2 amide bonds. The molecule has 4 N–H and O–H groups in total. The smallest absolute Gasteiger partial charge is 0.324 e. The van der Waals surface area contributed by atoms with Gasteiger partial charge in [0, 0.05) is 51.8 Å². The van der Waals surface area contributed by atoms with Crippen molar-refractivity contribution in [3.8, 4) is 0 Å². The first-order valence-corrected chi connectivity index (χ1v) is 23.5. The first kappa shape index (κ1) is 52.5. The van der Waals surface area contributed by atoms with Crippen LogP contribution in [-0.2, 0) is 38.0 Å². The Morgan fingerprint density at radius 1 is 0.953 bits per heavy atom. The van der Waals surface area contributed by atoms with E-state index in [4.69, 9.17) is 33.2 Å². The number of cyclic esters (lactones) is 1. The topological polar surface area (TPSA) is 193 Å². The first-order chi connectivity index (χ1) is 29.9. The number of carbonyl (C=O) groups is 2. The monoisotopic (exact) mass is 908 g/mol. The van der Waals surface area contributed by atoms with Crippen molar-refractivity contribution in [1.29, 1.82) is 0 Å². The molecule has 64 heavy (non-hydrogen) atoms. The van der Waals surface area contributed by atoms with E-state index in [9.17, 15) is 30.0 Å². The molecule has 0 bridgehead atoms. The second-order valence-corrected chi connectivity index (χ2v) is 20.1. The van der Waals surface area contributed by atoms with Crippen LogP contribution in [-0.4, -0.2) is 173 Å². The number of aliphatic hydroxyl groups excluding tert-OH is 2. The summed E-state index contributed by atoms with van der Waals surface area (Å²) in [6.07, 6.45) is -7.33. The van der Waals surface area contributed by atoms with Gasteiger partial charge in [0.25, 0.3) is 0 Å². The largest absolute Gasteiger partial charge is 0.459 e. The maximum atomic E-state index is 14.6. The second-order valence-electron chi connectivity index (χ2n) is 20.1. The average Bonchev–Trinajstić information content (AvgIpc) is 4.07. The summed E-state index contributed by atoms with van der Waals surface area (Å²) in [5, 5.41) is 48.9. The number of para-hydroxylation sites is 1. The van der Waals surface area contributed by atoms with Crippen molar-refractivity contribution in [3.63, 3.8) is 0 Å². The number of aliphatic hydroxyl groups is 4. The molecule has 1 aromatic carbocycles. The van der Waals surface area contributed by atoms with Crippen molar-refractivity contribution in [2.75, 3.05) is 45.8 Å². The first-order valence-electron chi connectivity index (χ1n) is 23.5. The molecule has 16 nitrogen and oxygen atoms in total. The van der Waals surface area contributed by atoms with E-state index in [1.165, 1.54) is 16.7 Å². The molecule has 4 aliphatic rings. The second kappa shape index (κ2) is 20.8. The average molecular weight is 908 g/mol. The zero-order chi connectivity index (χ0) is 47.7. The van der Waals surface area contributed by atoms with Gasteiger partial charge in [-0.3, -0.25) is 14.6 Å². The SMILES string of the molecule is CCCN1C[C@H](C)C[C@@](C)(O)[C@H](O[C@@H]2O[C@H](C)C[C@H](N(C)C(=O)N(C)c3ccccc3)[C@H]2O)[C@@H](C)[C@H](O[C@H]2C[C@@](C)(OC)[C@]3(CO3)[C@H](C)O2)[C@@H](C)C(=O)O[C@H](CC)[C@@](C)(O)[C@H](O)[C@H]1C. The lowest BCUT2D eigenvalue weighted by Gasteiger charge is -2.49. The van der Waals surface area contributed by atoms with Crippen molar-refractivity contribution in [2.24, 2.45) is 17.8 Å². The Bertz CT molecular complexity index is 1680. The fraction of sp³-hybridized carbons (Fsp3) is 0.833. The molecule has 18 atom stereocenters. The van der Waals surface area contributed by atoms with Crippen molar-refractivity contribution in [2.45, 2.75) is 198 Å². The predicted octanol–water partition coefficient (Wildman–Crippen LogP) is 4.72. The molecule has 0 saturated carbocycles. The molecular formula is C48H81N3O13. The summed E-state index contributed by atoms with van der Waals surface area (Å²) in [4.78, 5) is 33.6.